The van der Waals surface area contributed by atoms with Gasteiger partial charge >= 0.3 is 0 Å². The molecule has 0 unspecified atom stereocenters. The van der Waals surface area contributed by atoms with E-state index in [1.54, 1.807) is 11.3 Å². The third kappa shape index (κ3) is 2.71. The molecule has 0 fully saturated rings. The Kier molecular flexibility index (Phi) is 3.27. The van der Waals surface area contributed by atoms with E-state index in [2.05, 4.69) is 41.4 Å². The van der Waals surface area contributed by atoms with E-state index in [4.69, 9.17) is 0 Å². The average Bonchev–Trinajstić information content (AvgIpc) is 2.96. The molecule has 2 heterocycles. The summed E-state index contributed by atoms with van der Waals surface area (Å²) >= 11 is 1.57. The number of nitrogens with zero attached hydrogens (tertiary/aromatic N) is 4. The number of nitrogens with one attached hydrogen (secondary N) is 1. The van der Waals surface area contributed by atoms with Gasteiger partial charge in [0.1, 0.15) is 5.01 Å². The van der Waals surface area contributed by atoms with Gasteiger partial charge in [-0.05, 0) is 20.8 Å². The van der Waals surface area contributed by atoms with E-state index in [1.807, 2.05) is 34.8 Å². The van der Waals surface area contributed by atoms with E-state index in [-0.39, 0.29) is 5.54 Å². The smallest absolute Gasteiger partial charge is 0.235 e. The Balaban J connectivity index is 1.91. The minimum Gasteiger partial charge on any atom is -0.306 e. The van der Waals surface area contributed by atoms with Crippen molar-refractivity contribution >= 4 is 16.3 Å². The number of hydrogen-bond donors (Lipinski definition) is 1. The Morgan fingerprint density at radius 2 is 1.90 bits per heavy atom. The van der Waals surface area contributed by atoms with Gasteiger partial charge in [0.05, 0.1) is 6.54 Å². The number of hydrogen-bond acceptors (Lipinski definition) is 5. The standard InChI is InChI=1S/C14H17N5S/c1-14(2,3)15-9-11-18-19-12(16-17-13(19)20-11)10-7-5-4-6-8-10/h4-8,15H,9H2,1-3H3. The number of aromatic nitrogens is 4. The highest BCUT2D eigenvalue weighted by Crippen LogP contribution is 2.21. The monoisotopic (exact) mass is 287 g/mol. The molecule has 0 aliphatic rings. The van der Waals surface area contributed by atoms with Crippen molar-refractivity contribution in [3.05, 3.63) is 35.3 Å². The molecular formula is C14H17N5S. The summed E-state index contributed by atoms with van der Waals surface area (Å²) in [7, 11) is 0. The van der Waals surface area contributed by atoms with Crippen molar-refractivity contribution in [2.45, 2.75) is 32.9 Å². The maximum absolute atomic E-state index is 4.60. The zero-order valence-corrected chi connectivity index (χ0v) is 12.6. The molecule has 0 bridgehead atoms. The highest BCUT2D eigenvalue weighted by Gasteiger charge is 2.15. The summed E-state index contributed by atoms with van der Waals surface area (Å²) in [6.45, 7) is 7.17. The first-order valence-corrected chi connectivity index (χ1v) is 7.36. The van der Waals surface area contributed by atoms with Gasteiger partial charge in [-0.15, -0.1) is 10.2 Å². The van der Waals surface area contributed by atoms with Crippen molar-refractivity contribution in [2.24, 2.45) is 0 Å². The lowest BCUT2D eigenvalue weighted by atomic mass is 10.1. The minimum absolute atomic E-state index is 0.0777. The van der Waals surface area contributed by atoms with Crippen molar-refractivity contribution in [1.29, 1.82) is 0 Å². The summed E-state index contributed by atoms with van der Waals surface area (Å²) in [5.74, 6) is 0.791. The average molecular weight is 287 g/mol. The summed E-state index contributed by atoms with van der Waals surface area (Å²) in [4.78, 5) is 0.828. The summed E-state index contributed by atoms with van der Waals surface area (Å²) in [5, 5.41) is 17.5. The SMILES string of the molecule is CC(C)(C)NCc1nn2c(-c3ccccc3)nnc2s1. The van der Waals surface area contributed by atoms with Crippen molar-refractivity contribution in [2.75, 3.05) is 0 Å². The number of rotatable bonds is 3. The molecule has 6 heteroatoms. The second-order valence-corrected chi connectivity index (χ2v) is 6.72. The number of fused-ring (bicyclic) bond motifs is 1. The van der Waals surface area contributed by atoms with Crippen LogP contribution in [0.2, 0.25) is 0 Å². The fraction of sp³-hybridized carbons (Fsp3) is 0.357. The Hall–Kier alpha value is -1.79. The van der Waals surface area contributed by atoms with Crippen LogP contribution in [0.1, 0.15) is 25.8 Å². The maximum Gasteiger partial charge on any atom is 0.235 e. The minimum atomic E-state index is 0.0777. The van der Waals surface area contributed by atoms with Gasteiger partial charge in [-0.3, -0.25) is 0 Å². The van der Waals surface area contributed by atoms with Crippen molar-refractivity contribution in [1.82, 2.24) is 25.1 Å². The van der Waals surface area contributed by atoms with E-state index in [9.17, 15) is 0 Å². The predicted molar refractivity (Wildman–Crippen MR) is 80.7 cm³/mol. The van der Waals surface area contributed by atoms with Gasteiger partial charge in [-0.1, -0.05) is 41.7 Å². The summed E-state index contributed by atoms with van der Waals surface area (Å²) < 4.78 is 1.82. The fourth-order valence-corrected chi connectivity index (χ4v) is 2.61. The van der Waals surface area contributed by atoms with E-state index >= 15 is 0 Å². The summed E-state index contributed by atoms with van der Waals surface area (Å²) in [6.07, 6.45) is 0. The van der Waals surface area contributed by atoms with Crippen LogP contribution >= 0.6 is 11.3 Å². The second-order valence-electron chi connectivity index (χ2n) is 5.68. The Bertz CT molecular complexity index is 708. The molecule has 3 rings (SSSR count). The second kappa shape index (κ2) is 4.96. The first kappa shape index (κ1) is 13.2. The Morgan fingerprint density at radius 3 is 2.60 bits per heavy atom. The van der Waals surface area contributed by atoms with Gasteiger partial charge in [0, 0.05) is 11.1 Å². The number of benzene rings is 1. The zero-order valence-electron chi connectivity index (χ0n) is 11.8. The quantitative estimate of drug-likeness (QED) is 0.805. The summed E-state index contributed by atoms with van der Waals surface area (Å²) in [5.41, 5.74) is 1.11. The van der Waals surface area contributed by atoms with Crippen LogP contribution in [-0.4, -0.2) is 25.4 Å². The molecule has 20 heavy (non-hydrogen) atoms. The first-order chi connectivity index (χ1) is 9.53. The predicted octanol–water partition coefficient (Wildman–Crippen LogP) is 2.74. The molecule has 0 aliphatic carbocycles. The van der Waals surface area contributed by atoms with Crippen molar-refractivity contribution in [3.63, 3.8) is 0 Å². The third-order valence-corrected chi connectivity index (χ3v) is 3.73. The van der Waals surface area contributed by atoms with Crippen LogP contribution < -0.4 is 5.32 Å². The van der Waals surface area contributed by atoms with Gasteiger partial charge in [0.15, 0.2) is 5.82 Å². The lowest BCUT2D eigenvalue weighted by Crippen LogP contribution is -2.35. The molecule has 5 nitrogen and oxygen atoms in total. The van der Waals surface area contributed by atoms with Crippen LogP contribution in [0.5, 0.6) is 0 Å². The van der Waals surface area contributed by atoms with Crippen LogP contribution in [0.25, 0.3) is 16.3 Å². The normalized spacial score (nSPS) is 12.2. The van der Waals surface area contributed by atoms with Crippen molar-refractivity contribution < 1.29 is 0 Å². The fourth-order valence-electron chi connectivity index (χ4n) is 1.84. The highest BCUT2D eigenvalue weighted by molar-refractivity contribution is 7.16. The Labute approximate surface area is 121 Å². The van der Waals surface area contributed by atoms with Gasteiger partial charge in [-0.25, -0.2) is 0 Å². The van der Waals surface area contributed by atoms with E-state index in [1.165, 1.54) is 0 Å². The molecule has 0 atom stereocenters. The highest BCUT2D eigenvalue weighted by atomic mass is 32.1. The largest absolute Gasteiger partial charge is 0.306 e. The van der Waals surface area contributed by atoms with Gasteiger partial charge in [0.25, 0.3) is 0 Å². The molecule has 0 spiro atoms. The van der Waals surface area contributed by atoms with Gasteiger partial charge < -0.3 is 5.32 Å². The molecule has 1 aromatic carbocycles. The molecule has 0 saturated heterocycles. The lowest BCUT2D eigenvalue weighted by molar-refractivity contribution is 0.422. The molecule has 0 amide bonds. The molecule has 0 saturated carbocycles. The Morgan fingerprint density at radius 1 is 1.15 bits per heavy atom. The van der Waals surface area contributed by atoms with E-state index < -0.39 is 0 Å². The molecule has 3 aromatic rings. The van der Waals surface area contributed by atoms with Gasteiger partial charge in [-0.2, -0.15) is 9.61 Å². The lowest BCUT2D eigenvalue weighted by Gasteiger charge is -2.19. The van der Waals surface area contributed by atoms with Crippen LogP contribution in [0.15, 0.2) is 30.3 Å². The van der Waals surface area contributed by atoms with Crippen molar-refractivity contribution in [3.8, 4) is 11.4 Å². The van der Waals surface area contributed by atoms with Crippen LogP contribution in [0.4, 0.5) is 0 Å². The molecule has 104 valence electrons. The zero-order chi connectivity index (χ0) is 14.2. The molecule has 1 N–H and O–H groups in total. The molecule has 0 radical (unpaired) electrons. The van der Waals surface area contributed by atoms with E-state index in [0.717, 1.165) is 27.9 Å². The molecule has 2 aromatic heterocycles. The molecular weight excluding hydrogens is 270 g/mol. The summed E-state index contributed by atoms with van der Waals surface area (Å²) in [6, 6.07) is 10.0. The van der Waals surface area contributed by atoms with Crippen LogP contribution in [0.3, 0.4) is 0 Å². The van der Waals surface area contributed by atoms with E-state index in [0.29, 0.717) is 0 Å². The van der Waals surface area contributed by atoms with Gasteiger partial charge in [0.2, 0.25) is 4.96 Å². The molecule has 0 aliphatic heterocycles. The topological polar surface area (TPSA) is 55.1 Å². The van der Waals surface area contributed by atoms with Crippen LogP contribution in [-0.2, 0) is 6.54 Å². The third-order valence-electron chi connectivity index (χ3n) is 2.83. The maximum atomic E-state index is 4.60. The van der Waals surface area contributed by atoms with Crippen LogP contribution in [0, 0.1) is 0 Å². The first-order valence-electron chi connectivity index (χ1n) is 6.54.